The molecule has 5 nitrogen and oxygen atoms in total. The van der Waals surface area contributed by atoms with Gasteiger partial charge in [-0.2, -0.15) is 0 Å². The van der Waals surface area contributed by atoms with Gasteiger partial charge in [0.05, 0.1) is 5.60 Å². The number of hydrogen-bond acceptors (Lipinski definition) is 4. The molecule has 0 saturated carbocycles. The highest BCUT2D eigenvalue weighted by atomic mass is 16.3. The van der Waals surface area contributed by atoms with Gasteiger partial charge in [0, 0.05) is 31.7 Å². The van der Waals surface area contributed by atoms with Gasteiger partial charge in [-0.05, 0) is 44.2 Å². The summed E-state index contributed by atoms with van der Waals surface area (Å²) in [6, 6.07) is 4.11. The van der Waals surface area contributed by atoms with Gasteiger partial charge in [-0.25, -0.2) is 4.98 Å². The molecule has 134 valence electrons. The van der Waals surface area contributed by atoms with Crippen LogP contribution in [0.15, 0.2) is 18.3 Å². The van der Waals surface area contributed by atoms with E-state index in [-0.39, 0.29) is 17.7 Å². The maximum atomic E-state index is 12.4. The number of nitrogens with one attached hydrogen (secondary N) is 1. The summed E-state index contributed by atoms with van der Waals surface area (Å²) in [7, 11) is 0. The largest absolute Gasteiger partial charge is 0.388 e. The average Bonchev–Trinajstić information content (AvgIpc) is 2.59. The van der Waals surface area contributed by atoms with Crippen LogP contribution in [0.3, 0.4) is 0 Å². The van der Waals surface area contributed by atoms with Crippen LogP contribution in [0.2, 0.25) is 0 Å². The summed E-state index contributed by atoms with van der Waals surface area (Å²) in [6.07, 6.45) is 4.43. The Bertz CT molecular complexity index is 534. The molecule has 0 aliphatic carbocycles. The van der Waals surface area contributed by atoms with Crippen molar-refractivity contribution in [3.8, 4) is 0 Å². The van der Waals surface area contributed by atoms with E-state index in [9.17, 15) is 9.90 Å². The number of carbonyl (C=O) groups excluding carboxylic acids is 1. The second-order valence-electron chi connectivity index (χ2n) is 7.34. The van der Waals surface area contributed by atoms with Gasteiger partial charge in [0.15, 0.2) is 0 Å². The second-order valence-corrected chi connectivity index (χ2v) is 7.34. The number of nitrogens with zero attached hydrogens (tertiary/aromatic N) is 2. The summed E-state index contributed by atoms with van der Waals surface area (Å²) in [5, 5.41) is 13.4. The third kappa shape index (κ3) is 4.69. The Hall–Kier alpha value is -1.62. The van der Waals surface area contributed by atoms with Crippen molar-refractivity contribution >= 4 is 11.7 Å². The van der Waals surface area contributed by atoms with E-state index in [0.717, 1.165) is 43.7 Å². The van der Waals surface area contributed by atoms with Crippen molar-refractivity contribution in [1.29, 1.82) is 0 Å². The lowest BCUT2D eigenvalue weighted by Gasteiger charge is -2.34. The minimum atomic E-state index is -0.850. The molecule has 0 radical (unpaired) electrons. The first-order valence-electron chi connectivity index (χ1n) is 9.01. The van der Waals surface area contributed by atoms with Crippen LogP contribution in [-0.2, 0) is 4.79 Å². The van der Waals surface area contributed by atoms with Gasteiger partial charge in [0.25, 0.3) is 0 Å². The predicted octanol–water partition coefficient (Wildman–Crippen LogP) is 2.52. The molecule has 2 N–H and O–H groups in total. The summed E-state index contributed by atoms with van der Waals surface area (Å²) in [6.45, 7) is 9.90. The number of aliphatic hydroxyl groups is 1. The first kappa shape index (κ1) is 18.7. The van der Waals surface area contributed by atoms with Gasteiger partial charge in [0.2, 0.25) is 5.91 Å². The zero-order chi connectivity index (χ0) is 17.7. The first-order valence-corrected chi connectivity index (χ1v) is 9.01. The Balaban J connectivity index is 1.81. The molecule has 1 amide bonds. The van der Waals surface area contributed by atoms with Gasteiger partial charge in [-0.3, -0.25) is 4.79 Å². The Morgan fingerprint density at radius 3 is 2.67 bits per heavy atom. The fraction of sp³-hybridized carbons (Fsp3) is 0.684. The molecule has 2 atom stereocenters. The van der Waals surface area contributed by atoms with Crippen molar-refractivity contribution in [3.05, 3.63) is 23.9 Å². The highest BCUT2D eigenvalue weighted by Crippen LogP contribution is 2.23. The molecule has 1 aliphatic rings. The molecule has 1 aliphatic heterocycles. The van der Waals surface area contributed by atoms with Crippen LogP contribution >= 0.6 is 0 Å². The lowest BCUT2D eigenvalue weighted by Crippen LogP contribution is -2.48. The molecule has 1 aromatic rings. The summed E-state index contributed by atoms with van der Waals surface area (Å²) >= 11 is 0. The van der Waals surface area contributed by atoms with Crippen molar-refractivity contribution in [1.82, 2.24) is 10.3 Å². The lowest BCUT2D eigenvalue weighted by molar-refractivity contribution is -0.127. The number of amides is 1. The molecule has 2 unspecified atom stereocenters. The number of pyridine rings is 1. The van der Waals surface area contributed by atoms with Crippen LogP contribution in [0.25, 0.3) is 0 Å². The summed E-state index contributed by atoms with van der Waals surface area (Å²) in [5.74, 6) is 1.24. The molecule has 1 fully saturated rings. The number of aromatic nitrogens is 1. The van der Waals surface area contributed by atoms with E-state index >= 15 is 0 Å². The molecule has 5 heteroatoms. The maximum Gasteiger partial charge on any atom is 0.223 e. The summed E-state index contributed by atoms with van der Waals surface area (Å²) in [4.78, 5) is 19.1. The minimum Gasteiger partial charge on any atom is -0.388 e. The van der Waals surface area contributed by atoms with Crippen LogP contribution in [0.4, 0.5) is 5.82 Å². The van der Waals surface area contributed by atoms with Crippen molar-refractivity contribution in [3.63, 3.8) is 0 Å². The Morgan fingerprint density at radius 1 is 1.46 bits per heavy atom. The van der Waals surface area contributed by atoms with Crippen LogP contribution in [0, 0.1) is 18.8 Å². The lowest BCUT2D eigenvalue weighted by atomic mass is 9.88. The Kier molecular flexibility index (Phi) is 6.21. The van der Waals surface area contributed by atoms with E-state index in [1.165, 1.54) is 0 Å². The van der Waals surface area contributed by atoms with Crippen molar-refractivity contribution in [2.45, 2.75) is 52.6 Å². The van der Waals surface area contributed by atoms with E-state index < -0.39 is 5.60 Å². The van der Waals surface area contributed by atoms with Crippen molar-refractivity contribution in [2.24, 2.45) is 11.8 Å². The number of aryl methyl sites for hydroxylation is 1. The van der Waals surface area contributed by atoms with E-state index in [1.807, 2.05) is 26.1 Å². The number of carbonyl (C=O) groups is 1. The predicted molar refractivity (Wildman–Crippen MR) is 97.0 cm³/mol. The van der Waals surface area contributed by atoms with Gasteiger partial charge in [0.1, 0.15) is 5.82 Å². The highest BCUT2D eigenvalue weighted by molar-refractivity contribution is 5.79. The number of hydrogen-bond donors (Lipinski definition) is 2. The third-order valence-corrected chi connectivity index (χ3v) is 5.38. The average molecular weight is 333 g/mol. The van der Waals surface area contributed by atoms with E-state index in [2.05, 4.69) is 28.2 Å². The highest BCUT2D eigenvalue weighted by Gasteiger charge is 2.30. The minimum absolute atomic E-state index is 0.0273. The van der Waals surface area contributed by atoms with Crippen LogP contribution in [-0.4, -0.2) is 41.2 Å². The third-order valence-electron chi connectivity index (χ3n) is 5.38. The van der Waals surface area contributed by atoms with Crippen LogP contribution < -0.4 is 10.2 Å². The van der Waals surface area contributed by atoms with Gasteiger partial charge >= 0.3 is 0 Å². The molecule has 0 bridgehead atoms. The van der Waals surface area contributed by atoms with E-state index in [0.29, 0.717) is 6.54 Å². The summed E-state index contributed by atoms with van der Waals surface area (Å²) in [5.41, 5.74) is 0.304. The smallest absolute Gasteiger partial charge is 0.223 e. The molecular formula is C19H31N3O2. The van der Waals surface area contributed by atoms with Crippen LogP contribution in [0.1, 0.15) is 45.6 Å². The molecule has 24 heavy (non-hydrogen) atoms. The zero-order valence-corrected chi connectivity index (χ0v) is 15.4. The van der Waals surface area contributed by atoms with E-state index in [4.69, 9.17) is 0 Å². The van der Waals surface area contributed by atoms with Gasteiger partial charge in [-0.1, -0.05) is 26.3 Å². The quantitative estimate of drug-likeness (QED) is 0.839. The second kappa shape index (κ2) is 7.97. The molecule has 2 rings (SSSR count). The van der Waals surface area contributed by atoms with E-state index in [1.54, 1.807) is 6.92 Å². The molecule has 0 spiro atoms. The Labute approximate surface area is 145 Å². The Morgan fingerprint density at radius 2 is 2.12 bits per heavy atom. The fourth-order valence-electron chi connectivity index (χ4n) is 3.04. The van der Waals surface area contributed by atoms with Crippen molar-refractivity contribution < 1.29 is 9.90 Å². The molecule has 1 saturated heterocycles. The SMILES string of the molecule is CCC(C)C(C)(O)CNC(=O)C1CCN(c2ccc(C)cn2)CC1. The molecule has 2 heterocycles. The van der Waals surface area contributed by atoms with Gasteiger partial charge in [-0.15, -0.1) is 0 Å². The number of piperidine rings is 1. The monoisotopic (exact) mass is 333 g/mol. The molecule has 0 aromatic carbocycles. The zero-order valence-electron chi connectivity index (χ0n) is 15.4. The fourth-order valence-corrected chi connectivity index (χ4v) is 3.04. The molecule has 1 aromatic heterocycles. The topological polar surface area (TPSA) is 65.5 Å². The van der Waals surface area contributed by atoms with Crippen LogP contribution in [0.5, 0.6) is 0 Å². The first-order chi connectivity index (χ1) is 11.3. The standard InChI is InChI=1S/C19H31N3O2/c1-5-15(3)19(4,24)13-21-18(23)16-8-10-22(11-9-16)17-7-6-14(2)12-20-17/h6-7,12,15-16,24H,5,8-11,13H2,1-4H3,(H,21,23). The number of rotatable bonds is 6. The van der Waals surface area contributed by atoms with Crippen molar-refractivity contribution in [2.75, 3.05) is 24.5 Å². The maximum absolute atomic E-state index is 12.4. The summed E-state index contributed by atoms with van der Waals surface area (Å²) < 4.78 is 0. The molecular weight excluding hydrogens is 302 g/mol. The normalized spacial score (nSPS) is 19.6. The van der Waals surface area contributed by atoms with Gasteiger partial charge < -0.3 is 15.3 Å². The number of anilines is 1.